The molecule has 0 amide bonds. The number of carbonyl (C=O) groups excluding carboxylic acids is 1. The van der Waals surface area contributed by atoms with Gasteiger partial charge in [-0.3, -0.25) is 0 Å². The highest BCUT2D eigenvalue weighted by Gasteiger charge is 2.41. The predicted molar refractivity (Wildman–Crippen MR) is 75.7 cm³/mol. The van der Waals surface area contributed by atoms with Crippen molar-refractivity contribution in [2.75, 3.05) is 6.61 Å². The zero-order valence-corrected chi connectivity index (χ0v) is 12.8. The number of aliphatic carboxylic acids is 1. The maximum absolute atomic E-state index is 10.1. The second kappa shape index (κ2) is 10.7. The Morgan fingerprint density at radius 1 is 1.08 bits per heavy atom. The first-order chi connectivity index (χ1) is 11.5. The highest BCUT2D eigenvalue weighted by atomic mass is 16.6. The SMILES string of the molecule is N[C@H]1C(O)O[C@H](CO)[C@@H](O)[C@@H]1O.O=C[C@H](O)[C@@H](O)[C@H](O)[C@@H](O)C(=O)O. The van der Waals surface area contributed by atoms with E-state index in [0.717, 1.165) is 0 Å². The van der Waals surface area contributed by atoms with E-state index in [1.165, 1.54) is 0 Å². The molecule has 1 unspecified atom stereocenters. The van der Waals surface area contributed by atoms with Crippen molar-refractivity contribution in [1.29, 1.82) is 0 Å². The number of carbonyl (C=O) groups is 2. The van der Waals surface area contributed by atoms with Gasteiger partial charge >= 0.3 is 5.97 Å². The molecule has 0 radical (unpaired) electrons. The first-order valence-corrected chi connectivity index (χ1v) is 6.96. The van der Waals surface area contributed by atoms with Crippen LogP contribution < -0.4 is 5.73 Å². The van der Waals surface area contributed by atoms with Crippen LogP contribution in [0.5, 0.6) is 0 Å². The molecule has 9 atom stereocenters. The molecule has 1 aliphatic rings. The molecule has 1 heterocycles. The minimum absolute atomic E-state index is 0.0809. The number of aldehydes is 1. The van der Waals surface area contributed by atoms with E-state index in [1.807, 2.05) is 0 Å². The quantitative estimate of drug-likeness (QED) is 0.195. The molecule has 0 bridgehead atoms. The Kier molecular flexibility index (Phi) is 10.1. The third kappa shape index (κ3) is 6.52. The summed E-state index contributed by atoms with van der Waals surface area (Å²) in [7, 11) is 0. The van der Waals surface area contributed by atoms with Gasteiger partial charge in [-0.15, -0.1) is 0 Å². The van der Waals surface area contributed by atoms with Gasteiger partial charge in [0.1, 0.15) is 36.6 Å². The standard InChI is InChI=1S/C6H13NO5.C6H10O7/c7-3-5(10)4(9)2(1-8)12-6(3)11;7-1-2(8)3(9)4(10)5(11)6(12)13/h2-6,8-11H,1,7H2;1-5,8-11H,(H,12,13)/t2-,3-,4-,5-,6?;2-,3+,4-,5+/m10/s1. The van der Waals surface area contributed by atoms with Crippen molar-refractivity contribution in [1.82, 2.24) is 0 Å². The molecule has 1 saturated heterocycles. The molecule has 0 aromatic carbocycles. The Morgan fingerprint density at radius 3 is 2.00 bits per heavy atom. The maximum atomic E-state index is 10.1. The number of rotatable bonds is 6. The van der Waals surface area contributed by atoms with E-state index in [1.54, 1.807) is 0 Å². The molecule has 148 valence electrons. The molecule has 13 nitrogen and oxygen atoms in total. The monoisotopic (exact) mass is 373 g/mol. The lowest BCUT2D eigenvalue weighted by Gasteiger charge is -2.38. The first-order valence-electron chi connectivity index (χ1n) is 6.96. The summed E-state index contributed by atoms with van der Waals surface area (Å²) in [4.78, 5) is 20.0. The van der Waals surface area contributed by atoms with Crippen LogP contribution in [0, 0.1) is 0 Å². The minimum Gasteiger partial charge on any atom is -0.479 e. The normalized spacial score (nSPS) is 34.0. The Balaban J connectivity index is 0.000000462. The number of hydrogen-bond acceptors (Lipinski definition) is 12. The number of aliphatic hydroxyl groups excluding tert-OH is 8. The van der Waals surface area contributed by atoms with Crippen LogP contribution in [-0.2, 0) is 14.3 Å². The van der Waals surface area contributed by atoms with Crippen molar-refractivity contribution < 1.29 is 60.3 Å². The smallest absolute Gasteiger partial charge is 0.335 e. The molecule has 1 aliphatic heterocycles. The van der Waals surface area contributed by atoms with Crippen molar-refractivity contribution in [3.63, 3.8) is 0 Å². The van der Waals surface area contributed by atoms with Crippen molar-refractivity contribution >= 4 is 12.3 Å². The second-order valence-corrected chi connectivity index (χ2v) is 5.20. The number of hydrogen-bond donors (Lipinski definition) is 10. The van der Waals surface area contributed by atoms with E-state index in [-0.39, 0.29) is 6.29 Å². The van der Waals surface area contributed by atoms with Gasteiger partial charge in [0.2, 0.25) is 0 Å². The highest BCUT2D eigenvalue weighted by Crippen LogP contribution is 2.17. The zero-order valence-electron chi connectivity index (χ0n) is 12.8. The van der Waals surface area contributed by atoms with Gasteiger partial charge in [0.15, 0.2) is 18.7 Å². The number of carboxylic acid groups (broad SMARTS) is 1. The fraction of sp³-hybridized carbons (Fsp3) is 0.833. The molecule has 1 rings (SSSR count). The van der Waals surface area contributed by atoms with E-state index in [2.05, 4.69) is 0 Å². The van der Waals surface area contributed by atoms with Gasteiger partial charge in [-0.2, -0.15) is 0 Å². The average molecular weight is 373 g/mol. The largest absolute Gasteiger partial charge is 0.479 e. The third-order valence-corrected chi connectivity index (χ3v) is 3.36. The molecule has 11 N–H and O–H groups in total. The van der Waals surface area contributed by atoms with E-state index in [4.69, 9.17) is 46.2 Å². The highest BCUT2D eigenvalue weighted by molar-refractivity contribution is 5.73. The van der Waals surface area contributed by atoms with Crippen molar-refractivity contribution in [3.05, 3.63) is 0 Å². The summed E-state index contributed by atoms with van der Waals surface area (Å²) in [5.41, 5.74) is 5.26. The van der Waals surface area contributed by atoms with Crippen molar-refractivity contribution in [2.45, 2.75) is 55.1 Å². The summed E-state index contributed by atoms with van der Waals surface area (Å²) < 4.78 is 4.70. The lowest BCUT2D eigenvalue weighted by Crippen LogP contribution is -2.61. The predicted octanol–water partition coefficient (Wildman–Crippen LogP) is -6.54. The van der Waals surface area contributed by atoms with Crippen molar-refractivity contribution in [2.24, 2.45) is 5.73 Å². The molecule has 25 heavy (non-hydrogen) atoms. The van der Waals surface area contributed by atoms with E-state index < -0.39 is 67.6 Å². The Bertz CT molecular complexity index is 418. The molecule has 0 spiro atoms. The maximum Gasteiger partial charge on any atom is 0.335 e. The van der Waals surface area contributed by atoms with Gasteiger partial charge < -0.3 is 61.2 Å². The van der Waals surface area contributed by atoms with Gasteiger partial charge in [0, 0.05) is 0 Å². The van der Waals surface area contributed by atoms with E-state index >= 15 is 0 Å². The number of aliphatic hydroxyl groups is 8. The average Bonchev–Trinajstić information content (AvgIpc) is 2.60. The fourth-order valence-corrected chi connectivity index (χ4v) is 1.73. The van der Waals surface area contributed by atoms with E-state index in [0.29, 0.717) is 0 Å². The van der Waals surface area contributed by atoms with Gasteiger partial charge in [-0.1, -0.05) is 0 Å². The Hall–Kier alpha value is -1.26. The van der Waals surface area contributed by atoms with Crippen LogP contribution in [0.4, 0.5) is 0 Å². The molecule has 0 aromatic heterocycles. The summed E-state index contributed by atoms with van der Waals surface area (Å²) in [5, 5.41) is 79.3. The fourth-order valence-electron chi connectivity index (χ4n) is 1.73. The number of ether oxygens (including phenoxy) is 1. The van der Waals surface area contributed by atoms with Crippen LogP contribution in [0.3, 0.4) is 0 Å². The second-order valence-electron chi connectivity index (χ2n) is 5.20. The van der Waals surface area contributed by atoms with Gasteiger partial charge in [0.05, 0.1) is 12.6 Å². The third-order valence-electron chi connectivity index (χ3n) is 3.36. The van der Waals surface area contributed by atoms with Crippen molar-refractivity contribution in [3.8, 4) is 0 Å². The van der Waals surface area contributed by atoms with Gasteiger partial charge in [0.25, 0.3) is 0 Å². The van der Waals surface area contributed by atoms with Gasteiger partial charge in [-0.25, -0.2) is 4.79 Å². The first kappa shape index (κ1) is 23.7. The minimum atomic E-state index is -2.25. The van der Waals surface area contributed by atoms with Crippen LogP contribution in [0.25, 0.3) is 0 Å². The molecule has 0 aliphatic carbocycles. The number of nitrogens with two attached hydrogens (primary N) is 1. The molecule has 13 heteroatoms. The van der Waals surface area contributed by atoms with Crippen LogP contribution in [-0.4, -0.2) is 120 Å². The Labute approximate surface area is 141 Å². The number of carboxylic acids is 1. The molecule has 0 saturated carbocycles. The van der Waals surface area contributed by atoms with Crippen LogP contribution in [0.2, 0.25) is 0 Å². The Morgan fingerprint density at radius 2 is 1.60 bits per heavy atom. The van der Waals surface area contributed by atoms with Crippen LogP contribution >= 0.6 is 0 Å². The summed E-state index contributed by atoms with van der Waals surface area (Å²) in [6, 6.07) is -1.04. The topological polar surface area (TPSA) is 251 Å². The summed E-state index contributed by atoms with van der Waals surface area (Å²) in [5.74, 6) is -1.76. The molecular formula is C12H23NO12. The summed E-state index contributed by atoms with van der Waals surface area (Å²) in [6.07, 6.45) is -13.2. The molecule has 1 fully saturated rings. The molecular weight excluding hydrogens is 350 g/mol. The van der Waals surface area contributed by atoms with E-state index in [9.17, 15) is 19.8 Å². The summed E-state index contributed by atoms with van der Waals surface area (Å²) in [6.45, 7) is -0.470. The lowest BCUT2D eigenvalue weighted by molar-refractivity contribution is -0.248. The zero-order chi connectivity index (χ0) is 19.9. The van der Waals surface area contributed by atoms with Crippen LogP contribution in [0.1, 0.15) is 0 Å². The van der Waals surface area contributed by atoms with Gasteiger partial charge in [-0.05, 0) is 0 Å². The lowest BCUT2D eigenvalue weighted by atomic mass is 9.98. The molecule has 0 aromatic rings. The van der Waals surface area contributed by atoms with Crippen LogP contribution in [0.15, 0.2) is 0 Å². The summed E-state index contributed by atoms with van der Waals surface area (Å²) >= 11 is 0.